The van der Waals surface area contributed by atoms with Gasteiger partial charge in [0.1, 0.15) is 16.8 Å². The summed E-state index contributed by atoms with van der Waals surface area (Å²) in [6.45, 7) is 12.8. The van der Waals surface area contributed by atoms with Crippen molar-refractivity contribution in [1.29, 1.82) is 0 Å². The van der Waals surface area contributed by atoms with E-state index in [-0.39, 0.29) is 10.8 Å². The second-order valence-corrected chi connectivity index (χ2v) is 7.99. The van der Waals surface area contributed by atoms with E-state index in [1.807, 2.05) is 0 Å². The molecule has 0 bridgehead atoms. The molecule has 3 nitrogen and oxygen atoms in total. The minimum atomic E-state index is -0.141. The molecule has 0 saturated heterocycles. The molecular formula is C18H24ClN3. The molecule has 1 aromatic heterocycles. The van der Waals surface area contributed by atoms with Crippen LogP contribution in [-0.2, 0) is 10.8 Å². The van der Waals surface area contributed by atoms with Gasteiger partial charge in [-0.1, -0.05) is 65.3 Å². The fraction of sp³-hybridized carbons (Fsp3) is 0.444. The summed E-state index contributed by atoms with van der Waals surface area (Å²) >= 11 is 6.12. The molecule has 0 amide bonds. The van der Waals surface area contributed by atoms with Gasteiger partial charge in [-0.15, -0.1) is 0 Å². The maximum Gasteiger partial charge on any atom is 0.137 e. The average molecular weight is 318 g/mol. The van der Waals surface area contributed by atoms with Gasteiger partial charge in [-0.25, -0.2) is 9.97 Å². The molecule has 0 fully saturated rings. The monoisotopic (exact) mass is 317 g/mol. The molecular weight excluding hydrogens is 294 g/mol. The molecule has 1 N–H and O–H groups in total. The molecule has 0 aliphatic carbocycles. The van der Waals surface area contributed by atoms with E-state index in [1.165, 1.54) is 5.56 Å². The van der Waals surface area contributed by atoms with Gasteiger partial charge in [-0.3, -0.25) is 0 Å². The van der Waals surface area contributed by atoms with Gasteiger partial charge >= 0.3 is 0 Å². The third kappa shape index (κ3) is 4.20. The van der Waals surface area contributed by atoms with E-state index in [2.05, 4.69) is 81.1 Å². The van der Waals surface area contributed by atoms with Gasteiger partial charge in [-0.2, -0.15) is 0 Å². The van der Waals surface area contributed by atoms with Crippen LogP contribution >= 0.6 is 11.6 Å². The molecule has 2 aromatic rings. The number of halogens is 1. The van der Waals surface area contributed by atoms with Crippen molar-refractivity contribution in [2.24, 2.45) is 0 Å². The average Bonchev–Trinajstić information content (AvgIpc) is 2.36. The first-order chi connectivity index (χ1) is 10.1. The zero-order chi connectivity index (χ0) is 16.5. The van der Waals surface area contributed by atoms with E-state index in [1.54, 1.807) is 6.07 Å². The van der Waals surface area contributed by atoms with E-state index in [4.69, 9.17) is 11.6 Å². The summed E-state index contributed by atoms with van der Waals surface area (Å²) in [6, 6.07) is 10.1. The van der Waals surface area contributed by atoms with Crippen molar-refractivity contribution in [2.45, 2.75) is 52.4 Å². The summed E-state index contributed by atoms with van der Waals surface area (Å²) in [4.78, 5) is 8.87. The van der Waals surface area contributed by atoms with E-state index in [0.29, 0.717) is 11.0 Å². The lowest BCUT2D eigenvalue weighted by Crippen LogP contribution is -2.16. The van der Waals surface area contributed by atoms with Crippen LogP contribution in [-0.4, -0.2) is 9.97 Å². The van der Waals surface area contributed by atoms with Crippen LogP contribution in [0.2, 0.25) is 5.15 Å². The number of hydrogen-bond acceptors (Lipinski definition) is 3. The van der Waals surface area contributed by atoms with E-state index in [9.17, 15) is 0 Å². The van der Waals surface area contributed by atoms with Crippen molar-refractivity contribution in [1.82, 2.24) is 9.97 Å². The predicted molar refractivity (Wildman–Crippen MR) is 94.2 cm³/mol. The predicted octanol–water partition coefficient (Wildman–Crippen LogP) is 5.47. The van der Waals surface area contributed by atoms with Crippen LogP contribution in [0.15, 0.2) is 30.3 Å². The second kappa shape index (κ2) is 5.88. The third-order valence-corrected chi connectivity index (χ3v) is 3.58. The highest BCUT2D eigenvalue weighted by molar-refractivity contribution is 6.29. The molecule has 2 rings (SSSR count). The molecule has 1 heterocycles. The van der Waals surface area contributed by atoms with Crippen LogP contribution in [0.3, 0.4) is 0 Å². The van der Waals surface area contributed by atoms with Crippen LogP contribution in [0.25, 0.3) is 0 Å². The Balaban J connectivity index is 2.26. The molecule has 0 unspecified atom stereocenters. The SMILES string of the molecule is CC(C)(C)c1ccc(Nc2cc(Cl)nc(C(C)(C)C)n2)cc1. The summed E-state index contributed by atoms with van der Waals surface area (Å²) in [5, 5.41) is 3.75. The number of aromatic nitrogens is 2. The molecule has 0 aliphatic rings. The number of anilines is 2. The van der Waals surface area contributed by atoms with Gasteiger partial charge in [0.05, 0.1) is 0 Å². The Morgan fingerprint density at radius 3 is 1.95 bits per heavy atom. The number of rotatable bonds is 2. The van der Waals surface area contributed by atoms with Crippen LogP contribution in [0.1, 0.15) is 52.9 Å². The smallest absolute Gasteiger partial charge is 0.137 e. The first-order valence-corrected chi connectivity index (χ1v) is 7.86. The van der Waals surface area contributed by atoms with Gasteiger partial charge in [0.2, 0.25) is 0 Å². The number of benzene rings is 1. The normalized spacial score (nSPS) is 12.3. The minimum absolute atomic E-state index is 0.141. The molecule has 0 radical (unpaired) electrons. The standard InChI is InChI=1S/C18H24ClN3/c1-17(2,3)12-7-9-13(10-8-12)20-15-11-14(19)21-16(22-15)18(4,5)6/h7-11H,1-6H3,(H,20,21,22). The van der Waals surface area contributed by atoms with Crippen molar-refractivity contribution in [2.75, 3.05) is 5.32 Å². The Morgan fingerprint density at radius 2 is 1.45 bits per heavy atom. The Hall–Kier alpha value is -1.61. The molecule has 1 aromatic carbocycles. The molecule has 0 spiro atoms. The highest BCUT2D eigenvalue weighted by Crippen LogP contribution is 2.26. The van der Waals surface area contributed by atoms with Crippen LogP contribution < -0.4 is 5.32 Å². The summed E-state index contributed by atoms with van der Waals surface area (Å²) in [5.41, 5.74) is 2.30. The molecule has 118 valence electrons. The minimum Gasteiger partial charge on any atom is -0.340 e. The largest absolute Gasteiger partial charge is 0.340 e. The Labute approximate surface area is 138 Å². The third-order valence-electron chi connectivity index (χ3n) is 3.39. The molecule has 4 heteroatoms. The first-order valence-electron chi connectivity index (χ1n) is 7.48. The highest BCUT2D eigenvalue weighted by atomic mass is 35.5. The fourth-order valence-corrected chi connectivity index (χ4v) is 2.20. The van der Waals surface area contributed by atoms with Gasteiger partial charge in [-0.05, 0) is 23.1 Å². The first kappa shape index (κ1) is 16.8. The second-order valence-electron chi connectivity index (χ2n) is 7.60. The lowest BCUT2D eigenvalue weighted by molar-refractivity contribution is 0.546. The highest BCUT2D eigenvalue weighted by Gasteiger charge is 2.19. The molecule has 0 saturated carbocycles. The van der Waals surface area contributed by atoms with Gasteiger partial charge < -0.3 is 5.32 Å². The summed E-state index contributed by atoms with van der Waals surface area (Å²) in [7, 11) is 0. The summed E-state index contributed by atoms with van der Waals surface area (Å²) in [6.07, 6.45) is 0. The van der Waals surface area contributed by atoms with Crippen molar-refractivity contribution >= 4 is 23.1 Å². The zero-order valence-electron chi connectivity index (χ0n) is 14.2. The molecule has 22 heavy (non-hydrogen) atoms. The van der Waals surface area contributed by atoms with Crippen LogP contribution in [0.4, 0.5) is 11.5 Å². The van der Waals surface area contributed by atoms with Gasteiger partial charge in [0.15, 0.2) is 0 Å². The molecule has 0 aliphatic heterocycles. The zero-order valence-corrected chi connectivity index (χ0v) is 14.9. The van der Waals surface area contributed by atoms with E-state index in [0.717, 1.165) is 11.5 Å². The number of nitrogens with zero attached hydrogens (tertiary/aromatic N) is 2. The maximum atomic E-state index is 6.12. The van der Waals surface area contributed by atoms with Gasteiger partial charge in [0.25, 0.3) is 0 Å². The Morgan fingerprint density at radius 1 is 0.864 bits per heavy atom. The van der Waals surface area contributed by atoms with E-state index < -0.39 is 0 Å². The van der Waals surface area contributed by atoms with Crippen molar-refractivity contribution in [3.8, 4) is 0 Å². The topological polar surface area (TPSA) is 37.8 Å². The Kier molecular flexibility index (Phi) is 4.48. The lowest BCUT2D eigenvalue weighted by atomic mass is 9.87. The van der Waals surface area contributed by atoms with Gasteiger partial charge in [0, 0.05) is 17.2 Å². The molecule has 0 atom stereocenters. The number of hydrogen-bond donors (Lipinski definition) is 1. The maximum absolute atomic E-state index is 6.12. The fourth-order valence-electron chi connectivity index (χ4n) is 2.02. The summed E-state index contributed by atoms with van der Waals surface area (Å²) in [5.74, 6) is 1.45. The van der Waals surface area contributed by atoms with Crippen LogP contribution in [0, 0.1) is 0 Å². The van der Waals surface area contributed by atoms with E-state index >= 15 is 0 Å². The lowest BCUT2D eigenvalue weighted by Gasteiger charge is -2.20. The van der Waals surface area contributed by atoms with Crippen molar-refractivity contribution < 1.29 is 0 Å². The number of nitrogens with one attached hydrogen (secondary N) is 1. The quantitative estimate of drug-likeness (QED) is 0.746. The van der Waals surface area contributed by atoms with Crippen molar-refractivity contribution in [3.63, 3.8) is 0 Å². The van der Waals surface area contributed by atoms with Crippen LogP contribution in [0.5, 0.6) is 0 Å². The van der Waals surface area contributed by atoms with Crippen molar-refractivity contribution in [3.05, 3.63) is 46.9 Å². The summed E-state index contributed by atoms with van der Waals surface area (Å²) < 4.78 is 0. The Bertz CT molecular complexity index is 650.